The van der Waals surface area contributed by atoms with Crippen LogP contribution in [0.15, 0.2) is 16.8 Å². The highest BCUT2D eigenvalue weighted by atomic mass is 16.5. The van der Waals surface area contributed by atoms with E-state index in [0.717, 1.165) is 48.8 Å². The Morgan fingerprint density at radius 3 is 3.04 bits per heavy atom. The molecule has 2 aromatic heterocycles. The van der Waals surface area contributed by atoms with Gasteiger partial charge in [-0.3, -0.25) is 9.58 Å². The van der Waals surface area contributed by atoms with Gasteiger partial charge in [0.05, 0.1) is 19.3 Å². The van der Waals surface area contributed by atoms with Crippen molar-refractivity contribution in [3.05, 3.63) is 23.7 Å². The normalized spacial score (nSPS) is 27.7. The third kappa shape index (κ3) is 2.40. The van der Waals surface area contributed by atoms with E-state index in [2.05, 4.69) is 15.2 Å². The monoisotopic (exact) mass is 316 g/mol. The zero-order chi connectivity index (χ0) is 16.0. The molecule has 0 unspecified atom stereocenters. The minimum Gasteiger partial charge on any atom is -0.396 e. The van der Waals surface area contributed by atoms with Gasteiger partial charge in [-0.05, 0) is 25.7 Å². The van der Waals surface area contributed by atoms with Crippen LogP contribution in [-0.4, -0.2) is 44.6 Å². The highest BCUT2D eigenvalue weighted by Crippen LogP contribution is 2.48. The van der Waals surface area contributed by atoms with E-state index in [4.69, 9.17) is 4.52 Å². The highest BCUT2D eigenvalue weighted by Gasteiger charge is 2.48. The van der Waals surface area contributed by atoms with Gasteiger partial charge >= 0.3 is 0 Å². The van der Waals surface area contributed by atoms with Gasteiger partial charge in [-0.1, -0.05) is 11.6 Å². The molecule has 23 heavy (non-hydrogen) atoms. The molecule has 124 valence electrons. The van der Waals surface area contributed by atoms with Crippen LogP contribution in [0.2, 0.25) is 0 Å². The molecule has 6 nitrogen and oxygen atoms in total. The first kappa shape index (κ1) is 14.9. The number of hydrogen-bond acceptors (Lipinski definition) is 5. The van der Waals surface area contributed by atoms with E-state index < -0.39 is 0 Å². The predicted molar refractivity (Wildman–Crippen MR) is 85.6 cm³/mol. The van der Waals surface area contributed by atoms with Gasteiger partial charge in [0, 0.05) is 42.9 Å². The number of aromatic nitrogens is 3. The number of hydrogen-bond donors (Lipinski definition) is 1. The van der Waals surface area contributed by atoms with Crippen molar-refractivity contribution >= 4 is 0 Å². The van der Waals surface area contributed by atoms with Crippen LogP contribution in [0.1, 0.15) is 30.7 Å². The van der Waals surface area contributed by atoms with Gasteiger partial charge in [-0.2, -0.15) is 5.10 Å². The van der Waals surface area contributed by atoms with Gasteiger partial charge in [0.25, 0.3) is 0 Å². The molecule has 2 aromatic rings. The average Bonchev–Trinajstić information content (AvgIpc) is 3.26. The molecule has 0 amide bonds. The SMILES string of the molecule is Cc1c(-c2cc(CN3C[C@@H]4CCC[C@]4(CO)C3)on2)cnn1C. The summed E-state index contributed by atoms with van der Waals surface area (Å²) in [6.07, 6.45) is 5.48. The number of aryl methyl sites for hydroxylation is 1. The summed E-state index contributed by atoms with van der Waals surface area (Å²) in [6.45, 7) is 5.14. The van der Waals surface area contributed by atoms with Gasteiger partial charge in [-0.25, -0.2) is 0 Å². The molecule has 2 atom stereocenters. The van der Waals surface area contributed by atoms with Gasteiger partial charge in [0.2, 0.25) is 0 Å². The third-order valence-electron chi connectivity index (χ3n) is 5.87. The molecule has 1 aliphatic heterocycles. The Labute approximate surface area is 136 Å². The third-order valence-corrected chi connectivity index (χ3v) is 5.87. The average molecular weight is 316 g/mol. The van der Waals surface area contributed by atoms with Crippen molar-refractivity contribution in [1.29, 1.82) is 0 Å². The van der Waals surface area contributed by atoms with Crippen LogP contribution in [0, 0.1) is 18.3 Å². The second-order valence-corrected chi connectivity index (χ2v) is 7.22. The summed E-state index contributed by atoms with van der Waals surface area (Å²) in [6, 6.07) is 2.02. The Morgan fingerprint density at radius 2 is 2.35 bits per heavy atom. The van der Waals surface area contributed by atoms with Crippen LogP contribution in [0.3, 0.4) is 0 Å². The fourth-order valence-electron chi connectivity index (χ4n) is 4.39. The van der Waals surface area contributed by atoms with E-state index in [1.54, 1.807) is 0 Å². The lowest BCUT2D eigenvalue weighted by molar-refractivity contribution is 0.110. The molecule has 0 aromatic carbocycles. The molecule has 1 saturated carbocycles. The summed E-state index contributed by atoms with van der Waals surface area (Å²) < 4.78 is 7.39. The first-order chi connectivity index (χ1) is 11.1. The Hall–Kier alpha value is -1.66. The predicted octanol–water partition coefficient (Wildman–Crippen LogP) is 1.98. The summed E-state index contributed by atoms with van der Waals surface area (Å²) in [5.41, 5.74) is 3.08. The molecule has 6 heteroatoms. The fraction of sp³-hybridized carbons (Fsp3) is 0.647. The van der Waals surface area contributed by atoms with E-state index in [0.29, 0.717) is 12.5 Å². The van der Waals surface area contributed by atoms with E-state index >= 15 is 0 Å². The van der Waals surface area contributed by atoms with Crippen molar-refractivity contribution in [2.45, 2.75) is 32.7 Å². The molecule has 1 N–H and O–H groups in total. The van der Waals surface area contributed by atoms with Crippen molar-refractivity contribution in [3.8, 4) is 11.3 Å². The summed E-state index contributed by atoms with van der Waals surface area (Å²) >= 11 is 0. The second-order valence-electron chi connectivity index (χ2n) is 7.22. The number of rotatable bonds is 4. The maximum atomic E-state index is 9.82. The summed E-state index contributed by atoms with van der Waals surface area (Å²) in [7, 11) is 1.93. The molecule has 0 bridgehead atoms. The smallest absolute Gasteiger partial charge is 0.151 e. The van der Waals surface area contributed by atoms with Crippen molar-refractivity contribution in [2.24, 2.45) is 18.4 Å². The Kier molecular flexibility index (Phi) is 3.54. The van der Waals surface area contributed by atoms with Crippen LogP contribution in [-0.2, 0) is 13.6 Å². The summed E-state index contributed by atoms with van der Waals surface area (Å²) in [4.78, 5) is 2.40. The largest absolute Gasteiger partial charge is 0.396 e. The highest BCUT2D eigenvalue weighted by molar-refractivity contribution is 5.60. The van der Waals surface area contributed by atoms with Crippen molar-refractivity contribution in [1.82, 2.24) is 19.8 Å². The van der Waals surface area contributed by atoms with Crippen LogP contribution in [0.4, 0.5) is 0 Å². The summed E-state index contributed by atoms with van der Waals surface area (Å²) in [5.74, 6) is 1.52. The minimum atomic E-state index is 0.128. The zero-order valence-electron chi connectivity index (χ0n) is 13.8. The van der Waals surface area contributed by atoms with Crippen LogP contribution >= 0.6 is 0 Å². The molecule has 0 spiro atoms. The molecule has 3 heterocycles. The number of likely N-dealkylation sites (tertiary alicyclic amines) is 1. The van der Waals surface area contributed by atoms with E-state index in [-0.39, 0.29) is 5.41 Å². The zero-order valence-corrected chi connectivity index (χ0v) is 13.8. The first-order valence-corrected chi connectivity index (χ1v) is 8.39. The van der Waals surface area contributed by atoms with Gasteiger partial charge in [0.1, 0.15) is 5.69 Å². The minimum absolute atomic E-state index is 0.128. The molecule has 1 aliphatic carbocycles. The Bertz CT molecular complexity index is 707. The van der Waals surface area contributed by atoms with E-state index in [1.807, 2.05) is 30.9 Å². The Morgan fingerprint density at radius 1 is 1.48 bits per heavy atom. The molecule has 4 rings (SSSR count). The number of fused-ring (bicyclic) bond motifs is 1. The molecule has 2 fully saturated rings. The molecule has 1 saturated heterocycles. The molecule has 0 radical (unpaired) electrons. The van der Waals surface area contributed by atoms with Gasteiger partial charge < -0.3 is 9.63 Å². The van der Waals surface area contributed by atoms with Crippen molar-refractivity contribution in [3.63, 3.8) is 0 Å². The number of nitrogens with zero attached hydrogens (tertiary/aromatic N) is 4. The quantitative estimate of drug-likeness (QED) is 0.934. The second kappa shape index (κ2) is 5.46. The van der Waals surface area contributed by atoms with Gasteiger partial charge in [-0.15, -0.1) is 0 Å². The molecular formula is C17H24N4O2. The summed E-state index contributed by atoms with van der Waals surface area (Å²) in [5, 5.41) is 18.3. The molecular weight excluding hydrogens is 292 g/mol. The maximum Gasteiger partial charge on any atom is 0.151 e. The Balaban J connectivity index is 1.48. The number of aliphatic hydroxyl groups excluding tert-OH is 1. The van der Waals surface area contributed by atoms with E-state index in [9.17, 15) is 5.11 Å². The molecule has 2 aliphatic rings. The topological polar surface area (TPSA) is 67.3 Å². The first-order valence-electron chi connectivity index (χ1n) is 8.39. The maximum absolute atomic E-state index is 9.82. The van der Waals surface area contributed by atoms with Crippen LogP contribution in [0.5, 0.6) is 0 Å². The lowest BCUT2D eigenvalue weighted by Gasteiger charge is -2.25. The van der Waals surface area contributed by atoms with Gasteiger partial charge in [0.15, 0.2) is 5.76 Å². The lowest BCUT2D eigenvalue weighted by Crippen LogP contribution is -2.30. The number of aliphatic hydroxyl groups is 1. The van der Waals surface area contributed by atoms with E-state index in [1.165, 1.54) is 12.8 Å². The standard InChI is InChI=1S/C17H24N4O2/c1-12-15(7-18-20(12)2)16-6-14(23-19-16)9-21-8-13-4-3-5-17(13,10-21)11-22/h6-7,13,22H,3-5,8-11H2,1-2H3/t13-,17+/m0/s1. The van der Waals surface area contributed by atoms with Crippen LogP contribution < -0.4 is 0 Å². The van der Waals surface area contributed by atoms with Crippen molar-refractivity contribution in [2.75, 3.05) is 19.7 Å². The lowest BCUT2D eigenvalue weighted by atomic mass is 9.82. The van der Waals surface area contributed by atoms with Crippen LogP contribution in [0.25, 0.3) is 11.3 Å². The fourth-order valence-corrected chi connectivity index (χ4v) is 4.39. The van der Waals surface area contributed by atoms with Crippen molar-refractivity contribution < 1.29 is 9.63 Å².